The molecule has 0 saturated carbocycles. The summed E-state index contributed by atoms with van der Waals surface area (Å²) in [5.41, 5.74) is 5.80. The Labute approximate surface area is 153 Å². The molecule has 0 radical (unpaired) electrons. The van der Waals surface area contributed by atoms with Gasteiger partial charge in [-0.3, -0.25) is 14.4 Å². The van der Waals surface area contributed by atoms with E-state index in [1.807, 2.05) is 5.43 Å². The third-order valence-electron chi connectivity index (χ3n) is 4.15. The summed E-state index contributed by atoms with van der Waals surface area (Å²) in [6, 6.07) is 12.6. The summed E-state index contributed by atoms with van der Waals surface area (Å²) in [4.78, 5) is 34.8. The molecule has 27 heavy (non-hydrogen) atoms. The summed E-state index contributed by atoms with van der Waals surface area (Å²) in [5.74, 6) is -3.28. The number of nitrogens with two attached hydrogens (primary N) is 1. The van der Waals surface area contributed by atoms with Crippen molar-refractivity contribution >= 4 is 29.1 Å². The molecule has 9 nitrogen and oxygen atoms in total. The molecule has 2 aromatic rings. The second kappa shape index (κ2) is 6.89. The molecule has 3 amide bonds. The number of nitrogens with zero attached hydrogens (tertiary/aromatic N) is 1. The average Bonchev–Trinajstić information content (AvgIpc) is 2.89. The minimum Gasteiger partial charge on any atom is -0.507 e. The first kappa shape index (κ1) is 18.1. The van der Waals surface area contributed by atoms with Crippen molar-refractivity contribution in [3.05, 3.63) is 59.7 Å². The molecule has 1 unspecified atom stereocenters. The molecule has 6 N–H and O–H groups in total. The summed E-state index contributed by atoms with van der Waals surface area (Å²) in [6.07, 6.45) is -0.369. The lowest BCUT2D eigenvalue weighted by atomic mass is 9.87. The lowest BCUT2D eigenvalue weighted by Gasteiger charge is -2.22. The van der Waals surface area contributed by atoms with Gasteiger partial charge >= 0.3 is 11.8 Å². The molecule has 138 valence electrons. The number of phenols is 1. The molecular formula is C18H16N4O5. The Bertz CT molecular complexity index is 972. The van der Waals surface area contributed by atoms with E-state index in [4.69, 9.17) is 5.73 Å². The third-order valence-corrected chi connectivity index (χ3v) is 4.15. The van der Waals surface area contributed by atoms with Gasteiger partial charge in [-0.15, -0.1) is 0 Å². The number of nitrogens with one attached hydrogen (secondary N) is 2. The van der Waals surface area contributed by atoms with Crippen molar-refractivity contribution in [2.24, 2.45) is 10.8 Å². The largest absolute Gasteiger partial charge is 0.507 e. The maximum absolute atomic E-state index is 12.4. The zero-order valence-electron chi connectivity index (χ0n) is 14.0. The molecule has 0 saturated heterocycles. The van der Waals surface area contributed by atoms with Crippen LogP contribution in [-0.4, -0.2) is 33.6 Å². The van der Waals surface area contributed by atoms with Gasteiger partial charge in [0.05, 0.1) is 5.71 Å². The molecule has 0 spiro atoms. The van der Waals surface area contributed by atoms with E-state index >= 15 is 0 Å². The van der Waals surface area contributed by atoms with Crippen LogP contribution in [0.1, 0.15) is 17.5 Å². The Morgan fingerprint density at radius 1 is 1.15 bits per heavy atom. The van der Waals surface area contributed by atoms with Crippen LogP contribution in [0.25, 0.3) is 0 Å². The quantitative estimate of drug-likeness (QED) is 0.290. The van der Waals surface area contributed by atoms with Gasteiger partial charge in [-0.05, 0) is 18.2 Å². The monoisotopic (exact) mass is 368 g/mol. The number of phenolic OH excluding ortho intramolecular Hbond substituents is 1. The zero-order chi connectivity index (χ0) is 19.6. The topological polar surface area (TPSA) is 154 Å². The number of hydrogen-bond acceptors (Lipinski definition) is 6. The van der Waals surface area contributed by atoms with Crippen LogP contribution in [-0.2, 0) is 20.0 Å². The van der Waals surface area contributed by atoms with E-state index in [9.17, 15) is 24.6 Å². The van der Waals surface area contributed by atoms with Gasteiger partial charge in [-0.1, -0.05) is 30.3 Å². The Morgan fingerprint density at radius 2 is 1.81 bits per heavy atom. The van der Waals surface area contributed by atoms with Crippen molar-refractivity contribution < 1.29 is 24.6 Å². The molecule has 1 atom stereocenters. The highest BCUT2D eigenvalue weighted by Crippen LogP contribution is 2.39. The number of fused-ring (bicyclic) bond motifs is 1. The second-order valence-corrected chi connectivity index (χ2v) is 5.92. The van der Waals surface area contributed by atoms with E-state index < -0.39 is 23.3 Å². The van der Waals surface area contributed by atoms with Crippen LogP contribution in [0.2, 0.25) is 0 Å². The average molecular weight is 368 g/mol. The lowest BCUT2D eigenvalue weighted by molar-refractivity contribution is -0.137. The molecule has 2 aromatic carbocycles. The minimum absolute atomic E-state index is 0.0166. The van der Waals surface area contributed by atoms with E-state index in [0.717, 1.165) is 0 Å². The molecule has 3 rings (SSSR count). The van der Waals surface area contributed by atoms with Crippen LogP contribution in [0.3, 0.4) is 0 Å². The highest BCUT2D eigenvalue weighted by molar-refractivity contribution is 6.34. The Morgan fingerprint density at radius 3 is 2.52 bits per heavy atom. The Balaban J connectivity index is 2.03. The van der Waals surface area contributed by atoms with Gasteiger partial charge in [0.2, 0.25) is 0 Å². The minimum atomic E-state index is -1.98. The van der Waals surface area contributed by atoms with Crippen molar-refractivity contribution in [3.63, 3.8) is 0 Å². The van der Waals surface area contributed by atoms with Crippen molar-refractivity contribution in [3.8, 4) is 5.75 Å². The summed E-state index contributed by atoms with van der Waals surface area (Å²) >= 11 is 0. The molecule has 9 heteroatoms. The van der Waals surface area contributed by atoms with Crippen molar-refractivity contribution in [1.82, 2.24) is 5.43 Å². The molecule has 1 aliphatic rings. The number of primary amides is 1. The first-order valence-corrected chi connectivity index (χ1v) is 7.91. The normalized spacial score (nSPS) is 18.6. The van der Waals surface area contributed by atoms with E-state index in [2.05, 4.69) is 10.4 Å². The van der Waals surface area contributed by atoms with Gasteiger partial charge in [0, 0.05) is 23.2 Å². The fourth-order valence-electron chi connectivity index (χ4n) is 2.80. The van der Waals surface area contributed by atoms with Gasteiger partial charge in [-0.2, -0.15) is 5.10 Å². The number of carbonyl (C=O) groups excluding carboxylic acids is 3. The third kappa shape index (κ3) is 3.35. The number of amides is 3. The fraction of sp³-hybridized carbons (Fsp3) is 0.111. The Kier molecular flexibility index (Phi) is 4.61. The number of aliphatic hydroxyl groups is 1. The van der Waals surface area contributed by atoms with Crippen LogP contribution >= 0.6 is 0 Å². The smallest absolute Gasteiger partial charge is 0.329 e. The first-order chi connectivity index (χ1) is 12.8. The first-order valence-electron chi connectivity index (χ1n) is 7.91. The number of hydrogen-bond donors (Lipinski definition) is 5. The predicted molar refractivity (Wildman–Crippen MR) is 95.6 cm³/mol. The van der Waals surface area contributed by atoms with Gasteiger partial charge in [0.15, 0.2) is 5.60 Å². The van der Waals surface area contributed by atoms with Crippen LogP contribution in [0.4, 0.5) is 5.69 Å². The Hall–Kier alpha value is -3.72. The fourth-order valence-corrected chi connectivity index (χ4v) is 2.80. The van der Waals surface area contributed by atoms with E-state index in [1.165, 1.54) is 12.1 Å². The number of para-hydroxylation sites is 2. The molecule has 0 aliphatic carbocycles. The number of benzene rings is 2. The number of carbonyl (C=O) groups is 3. The van der Waals surface area contributed by atoms with Crippen LogP contribution in [0.15, 0.2) is 53.6 Å². The maximum atomic E-state index is 12.4. The highest BCUT2D eigenvalue weighted by atomic mass is 16.3. The summed E-state index contributed by atoms with van der Waals surface area (Å²) in [6.45, 7) is 0. The second-order valence-electron chi connectivity index (χ2n) is 5.92. The van der Waals surface area contributed by atoms with Gasteiger partial charge < -0.3 is 21.3 Å². The van der Waals surface area contributed by atoms with Gasteiger partial charge in [-0.25, -0.2) is 5.43 Å². The van der Waals surface area contributed by atoms with Gasteiger partial charge in [0.25, 0.3) is 5.91 Å². The SMILES string of the molecule is NC(=O)C(=O)N/N=C(/CC1(O)C(=O)Nc2ccccc21)c1ccccc1O. The molecule has 0 aromatic heterocycles. The van der Waals surface area contributed by atoms with E-state index in [1.54, 1.807) is 36.4 Å². The van der Waals surface area contributed by atoms with Gasteiger partial charge in [0.1, 0.15) is 5.75 Å². The molecule has 1 heterocycles. The van der Waals surface area contributed by atoms with Crippen molar-refractivity contribution in [1.29, 1.82) is 0 Å². The molecular weight excluding hydrogens is 352 g/mol. The number of aromatic hydroxyl groups is 1. The lowest BCUT2D eigenvalue weighted by Crippen LogP contribution is -2.38. The maximum Gasteiger partial charge on any atom is 0.329 e. The summed E-state index contributed by atoms with van der Waals surface area (Å²) in [5, 5.41) is 27.5. The van der Waals surface area contributed by atoms with Crippen molar-refractivity contribution in [2.45, 2.75) is 12.0 Å². The number of rotatable bonds is 4. The number of anilines is 1. The summed E-state index contributed by atoms with van der Waals surface area (Å²) < 4.78 is 0. The van der Waals surface area contributed by atoms with Crippen molar-refractivity contribution in [2.75, 3.05) is 5.32 Å². The zero-order valence-corrected chi connectivity index (χ0v) is 14.0. The highest BCUT2D eigenvalue weighted by Gasteiger charge is 2.46. The summed E-state index contributed by atoms with van der Waals surface area (Å²) in [7, 11) is 0. The van der Waals surface area contributed by atoms with E-state index in [-0.39, 0.29) is 23.4 Å². The van der Waals surface area contributed by atoms with Crippen LogP contribution in [0, 0.1) is 0 Å². The molecule has 0 bridgehead atoms. The number of hydrazone groups is 1. The van der Waals surface area contributed by atoms with E-state index in [0.29, 0.717) is 11.3 Å². The molecule has 0 fully saturated rings. The molecule has 1 aliphatic heterocycles. The van der Waals surface area contributed by atoms with Crippen LogP contribution < -0.4 is 16.5 Å². The standard InChI is InChI=1S/C18H16N4O5/c19-15(24)16(25)22-21-13(10-5-1-4-8-14(10)23)9-18(27)11-6-2-3-7-12(11)20-17(18)26/h1-8,23,27H,9H2,(H2,19,24)(H,20,26)(H,22,25)/b21-13-. The van der Waals surface area contributed by atoms with Crippen LogP contribution in [0.5, 0.6) is 5.75 Å². The predicted octanol–water partition coefficient (Wildman–Crippen LogP) is -0.0722.